The zero-order chi connectivity index (χ0) is 19.8. The van der Waals surface area contributed by atoms with Crippen LogP contribution in [0.3, 0.4) is 0 Å². The molecule has 0 aliphatic rings. The van der Waals surface area contributed by atoms with Gasteiger partial charge in [0.25, 0.3) is 0 Å². The van der Waals surface area contributed by atoms with E-state index in [0.717, 1.165) is 13.0 Å². The summed E-state index contributed by atoms with van der Waals surface area (Å²) in [6.07, 6.45) is 1.07. The predicted octanol–water partition coefficient (Wildman–Crippen LogP) is 5.31. The van der Waals surface area contributed by atoms with Gasteiger partial charge in [-0.1, -0.05) is 97.9 Å². The second-order valence-corrected chi connectivity index (χ2v) is 7.60. The smallest absolute Gasteiger partial charge is 0.0675 e. The van der Waals surface area contributed by atoms with E-state index in [-0.39, 0.29) is 6.04 Å². The van der Waals surface area contributed by atoms with Crippen LogP contribution in [0, 0.1) is 0 Å². The van der Waals surface area contributed by atoms with Crippen molar-refractivity contribution in [3.63, 3.8) is 0 Å². The van der Waals surface area contributed by atoms with Crippen molar-refractivity contribution in [3.05, 3.63) is 108 Å². The molecule has 3 rings (SSSR count). The fourth-order valence-electron chi connectivity index (χ4n) is 4.19. The Bertz CT molecular complexity index is 777. The van der Waals surface area contributed by atoms with Gasteiger partial charge >= 0.3 is 0 Å². The molecule has 0 aliphatic carbocycles. The lowest BCUT2D eigenvalue weighted by Gasteiger charge is -2.41. The molecule has 0 radical (unpaired) electrons. The summed E-state index contributed by atoms with van der Waals surface area (Å²) in [7, 11) is 0. The highest BCUT2D eigenvalue weighted by atomic mass is 16.3. The van der Waals surface area contributed by atoms with Gasteiger partial charge in [0, 0.05) is 18.0 Å². The summed E-state index contributed by atoms with van der Waals surface area (Å²) in [6.45, 7) is 5.10. The molecule has 28 heavy (non-hydrogen) atoms. The van der Waals surface area contributed by atoms with Gasteiger partial charge in [0.05, 0.1) is 6.10 Å². The summed E-state index contributed by atoms with van der Waals surface area (Å²) >= 11 is 0. The van der Waals surface area contributed by atoms with Gasteiger partial charge in [-0.25, -0.2) is 0 Å². The van der Waals surface area contributed by atoms with E-state index in [4.69, 9.17) is 0 Å². The van der Waals surface area contributed by atoms with E-state index in [9.17, 15) is 5.11 Å². The predicted molar refractivity (Wildman–Crippen MR) is 117 cm³/mol. The first-order chi connectivity index (χ1) is 13.7. The van der Waals surface area contributed by atoms with E-state index in [1.807, 2.05) is 18.2 Å². The Hall–Kier alpha value is -2.42. The summed E-state index contributed by atoms with van der Waals surface area (Å²) < 4.78 is 0. The van der Waals surface area contributed by atoms with E-state index in [0.29, 0.717) is 6.42 Å². The molecule has 0 heterocycles. The van der Waals surface area contributed by atoms with Gasteiger partial charge in [0.2, 0.25) is 0 Å². The molecular weight excluding hydrogens is 342 g/mol. The monoisotopic (exact) mass is 373 g/mol. The maximum Gasteiger partial charge on any atom is 0.0675 e. The normalized spacial score (nSPS) is 13.8. The first kappa shape index (κ1) is 20.3. The lowest BCUT2D eigenvalue weighted by molar-refractivity contribution is 0.0865. The first-order valence-electron chi connectivity index (χ1n) is 10.2. The van der Waals surface area contributed by atoms with Crippen molar-refractivity contribution >= 4 is 0 Å². The van der Waals surface area contributed by atoms with Gasteiger partial charge in [0.15, 0.2) is 0 Å². The molecule has 0 spiro atoms. The Morgan fingerprint density at radius 3 is 1.71 bits per heavy atom. The Morgan fingerprint density at radius 1 is 0.786 bits per heavy atom. The molecule has 0 amide bonds. The van der Waals surface area contributed by atoms with Crippen molar-refractivity contribution in [1.82, 2.24) is 5.32 Å². The minimum Gasteiger partial charge on any atom is -0.392 e. The number of aliphatic hydroxyl groups excluding tert-OH is 1. The fourth-order valence-corrected chi connectivity index (χ4v) is 4.19. The number of rotatable bonds is 9. The summed E-state index contributed by atoms with van der Waals surface area (Å²) in [4.78, 5) is 0. The van der Waals surface area contributed by atoms with Crippen LogP contribution >= 0.6 is 0 Å². The highest BCUT2D eigenvalue weighted by Gasteiger charge is 2.41. The molecule has 0 fully saturated rings. The van der Waals surface area contributed by atoms with E-state index in [1.165, 1.54) is 16.7 Å². The number of hydrogen-bond acceptors (Lipinski definition) is 2. The van der Waals surface area contributed by atoms with Gasteiger partial charge in [-0.2, -0.15) is 0 Å². The van der Waals surface area contributed by atoms with Crippen LogP contribution in [-0.4, -0.2) is 17.3 Å². The molecule has 0 saturated heterocycles. The maximum absolute atomic E-state index is 11.3. The number of aliphatic hydroxyl groups is 1. The molecule has 2 N–H and O–H groups in total. The number of benzene rings is 3. The summed E-state index contributed by atoms with van der Waals surface area (Å²) in [5, 5.41) is 14.9. The van der Waals surface area contributed by atoms with Crippen LogP contribution in [0.1, 0.15) is 43.4 Å². The minimum absolute atomic E-state index is 0.238. The molecule has 0 aliphatic heterocycles. The Balaban J connectivity index is 1.93. The van der Waals surface area contributed by atoms with Crippen molar-refractivity contribution in [2.45, 2.75) is 50.8 Å². The summed E-state index contributed by atoms with van der Waals surface area (Å²) in [5.41, 5.74) is 3.17. The molecule has 3 aromatic carbocycles. The zero-order valence-corrected chi connectivity index (χ0v) is 16.9. The Labute approximate surface area is 169 Å². The third kappa shape index (κ3) is 4.52. The number of hydrogen-bond donors (Lipinski definition) is 2. The molecule has 2 nitrogen and oxygen atoms in total. The van der Waals surface area contributed by atoms with Crippen LogP contribution in [0.4, 0.5) is 0 Å². The van der Waals surface area contributed by atoms with Crippen molar-refractivity contribution < 1.29 is 5.11 Å². The van der Waals surface area contributed by atoms with Crippen molar-refractivity contribution in [2.24, 2.45) is 0 Å². The Morgan fingerprint density at radius 2 is 1.25 bits per heavy atom. The van der Waals surface area contributed by atoms with Gasteiger partial charge < -0.3 is 10.4 Å². The van der Waals surface area contributed by atoms with E-state index in [2.05, 4.69) is 92.0 Å². The molecular formula is C26H31NO. The molecule has 0 saturated carbocycles. The van der Waals surface area contributed by atoms with Gasteiger partial charge in [-0.3, -0.25) is 0 Å². The van der Waals surface area contributed by atoms with Gasteiger partial charge in [0.1, 0.15) is 0 Å². The number of nitrogens with one attached hydrogen (secondary N) is 1. The van der Waals surface area contributed by atoms with Crippen LogP contribution in [0.5, 0.6) is 0 Å². The highest BCUT2D eigenvalue weighted by molar-refractivity contribution is 5.41. The summed E-state index contributed by atoms with van der Waals surface area (Å²) in [5.74, 6) is 0. The summed E-state index contributed by atoms with van der Waals surface area (Å²) in [6, 6.07) is 31.6. The van der Waals surface area contributed by atoms with Crippen molar-refractivity contribution in [2.75, 3.05) is 0 Å². The topological polar surface area (TPSA) is 32.3 Å². The van der Waals surface area contributed by atoms with Crippen LogP contribution in [-0.2, 0) is 12.0 Å². The van der Waals surface area contributed by atoms with Crippen LogP contribution in [0.2, 0.25) is 0 Å². The van der Waals surface area contributed by atoms with Gasteiger partial charge in [-0.15, -0.1) is 0 Å². The van der Waals surface area contributed by atoms with Gasteiger partial charge in [-0.05, 0) is 36.5 Å². The highest BCUT2D eigenvalue weighted by Crippen LogP contribution is 2.41. The lowest BCUT2D eigenvalue weighted by Crippen LogP contribution is -2.45. The zero-order valence-electron chi connectivity index (χ0n) is 16.9. The Kier molecular flexibility index (Phi) is 7.02. The average molecular weight is 374 g/mol. The van der Waals surface area contributed by atoms with E-state index in [1.54, 1.807) is 0 Å². The largest absolute Gasteiger partial charge is 0.392 e. The second-order valence-electron chi connectivity index (χ2n) is 7.60. The fraction of sp³-hybridized carbons (Fsp3) is 0.308. The molecule has 0 aromatic heterocycles. The second kappa shape index (κ2) is 9.68. The van der Waals surface area contributed by atoms with E-state index < -0.39 is 11.5 Å². The van der Waals surface area contributed by atoms with Crippen LogP contribution in [0.25, 0.3) is 0 Å². The third-order valence-corrected chi connectivity index (χ3v) is 5.66. The van der Waals surface area contributed by atoms with Crippen molar-refractivity contribution in [3.8, 4) is 0 Å². The molecule has 3 aromatic rings. The molecule has 0 unspecified atom stereocenters. The van der Waals surface area contributed by atoms with Crippen molar-refractivity contribution in [1.29, 1.82) is 0 Å². The van der Waals surface area contributed by atoms with Crippen LogP contribution in [0.15, 0.2) is 91.0 Å². The SMILES string of the molecule is CC[C@H](O)C(C[C@H](C)NCc1ccccc1)(c1ccccc1)c1ccccc1. The third-order valence-electron chi connectivity index (χ3n) is 5.66. The molecule has 146 valence electrons. The molecule has 2 atom stereocenters. The van der Waals surface area contributed by atoms with E-state index >= 15 is 0 Å². The average Bonchev–Trinajstić information content (AvgIpc) is 2.77. The lowest BCUT2D eigenvalue weighted by atomic mass is 9.66. The maximum atomic E-state index is 11.3. The first-order valence-corrected chi connectivity index (χ1v) is 10.2. The molecule has 2 heteroatoms. The molecule has 0 bridgehead atoms. The minimum atomic E-state index is -0.460. The standard InChI is InChI=1S/C26H31NO/c1-3-25(28)26(23-15-9-5-10-16-23,24-17-11-6-12-18-24)19-21(2)27-20-22-13-7-4-8-14-22/h4-18,21,25,27-28H,3,19-20H2,1-2H3/t21-,25-/m0/s1. The quantitative estimate of drug-likeness (QED) is 0.532. The van der Waals surface area contributed by atoms with Crippen LogP contribution < -0.4 is 5.32 Å².